The SMILES string of the molecule is Cc1cccc(Cc2c(C(F)(F)F)cc(C(F)(F)F)n(C)c2=O)c1. The van der Waals surface area contributed by atoms with Gasteiger partial charge in [0.05, 0.1) is 5.56 Å². The van der Waals surface area contributed by atoms with Crippen molar-refractivity contribution in [3.63, 3.8) is 0 Å². The lowest BCUT2D eigenvalue weighted by Gasteiger charge is -2.18. The van der Waals surface area contributed by atoms with E-state index in [0.717, 1.165) is 12.6 Å². The van der Waals surface area contributed by atoms with Crippen molar-refractivity contribution in [3.8, 4) is 0 Å². The minimum absolute atomic E-state index is 0.00741. The van der Waals surface area contributed by atoms with Crippen LogP contribution in [0.25, 0.3) is 0 Å². The first-order valence-corrected chi connectivity index (χ1v) is 6.84. The average molecular weight is 349 g/mol. The quantitative estimate of drug-likeness (QED) is 0.740. The van der Waals surface area contributed by atoms with E-state index in [1.165, 1.54) is 6.07 Å². The first-order chi connectivity index (χ1) is 10.9. The summed E-state index contributed by atoms with van der Waals surface area (Å²) in [5.74, 6) is 0. The fourth-order valence-electron chi connectivity index (χ4n) is 2.47. The molecule has 8 heteroatoms. The maximum Gasteiger partial charge on any atom is 0.431 e. The summed E-state index contributed by atoms with van der Waals surface area (Å²) in [6, 6.07) is 6.42. The summed E-state index contributed by atoms with van der Waals surface area (Å²) in [5, 5.41) is 0. The lowest BCUT2D eigenvalue weighted by atomic mass is 9.99. The zero-order valence-corrected chi connectivity index (χ0v) is 12.7. The van der Waals surface area contributed by atoms with Crippen molar-refractivity contribution in [2.75, 3.05) is 0 Å². The van der Waals surface area contributed by atoms with Gasteiger partial charge in [0.2, 0.25) is 0 Å². The lowest BCUT2D eigenvalue weighted by Crippen LogP contribution is -2.32. The summed E-state index contributed by atoms with van der Waals surface area (Å²) < 4.78 is 78.4. The summed E-state index contributed by atoms with van der Waals surface area (Å²) in [4.78, 5) is 12.2. The number of pyridine rings is 1. The highest BCUT2D eigenvalue weighted by Crippen LogP contribution is 2.36. The third-order valence-electron chi connectivity index (χ3n) is 3.59. The molecule has 0 N–H and O–H groups in total. The van der Waals surface area contributed by atoms with Crippen LogP contribution in [0, 0.1) is 6.92 Å². The van der Waals surface area contributed by atoms with Gasteiger partial charge in [-0.1, -0.05) is 29.8 Å². The third-order valence-corrected chi connectivity index (χ3v) is 3.59. The summed E-state index contributed by atoms with van der Waals surface area (Å²) >= 11 is 0. The van der Waals surface area contributed by atoms with Gasteiger partial charge in [0.25, 0.3) is 5.56 Å². The number of hydrogen-bond acceptors (Lipinski definition) is 1. The van der Waals surface area contributed by atoms with Gasteiger partial charge in [-0.05, 0) is 18.6 Å². The molecule has 2 nitrogen and oxygen atoms in total. The Balaban J connectivity index is 2.71. The molecule has 0 bridgehead atoms. The molecule has 0 radical (unpaired) electrons. The van der Waals surface area contributed by atoms with Crippen molar-refractivity contribution in [1.82, 2.24) is 4.57 Å². The minimum atomic E-state index is -5.06. The normalized spacial score (nSPS) is 12.5. The first kappa shape index (κ1) is 18.1. The van der Waals surface area contributed by atoms with E-state index in [9.17, 15) is 31.1 Å². The van der Waals surface area contributed by atoms with Crippen LogP contribution in [-0.2, 0) is 25.8 Å². The van der Waals surface area contributed by atoms with Crippen molar-refractivity contribution in [2.45, 2.75) is 25.7 Å². The summed E-state index contributed by atoms with van der Waals surface area (Å²) in [7, 11) is 0.811. The van der Waals surface area contributed by atoms with Gasteiger partial charge in [-0.2, -0.15) is 26.3 Å². The molecular formula is C16H13F6NO. The highest BCUT2D eigenvalue weighted by molar-refractivity contribution is 5.36. The smallest absolute Gasteiger partial charge is 0.307 e. The van der Waals surface area contributed by atoms with Crippen LogP contribution in [-0.4, -0.2) is 4.57 Å². The maximum atomic E-state index is 13.2. The van der Waals surface area contributed by atoms with Crippen molar-refractivity contribution in [3.05, 3.63) is 68.6 Å². The zero-order valence-electron chi connectivity index (χ0n) is 12.7. The number of alkyl halides is 6. The Bertz CT molecular complexity index is 817. The second kappa shape index (κ2) is 5.99. The van der Waals surface area contributed by atoms with E-state index in [-0.39, 0.29) is 10.6 Å². The van der Waals surface area contributed by atoms with Crippen molar-refractivity contribution < 1.29 is 26.3 Å². The Morgan fingerprint density at radius 2 is 1.62 bits per heavy atom. The fraction of sp³-hybridized carbons (Fsp3) is 0.312. The monoisotopic (exact) mass is 349 g/mol. The van der Waals surface area contributed by atoms with Crippen molar-refractivity contribution >= 4 is 0 Å². The average Bonchev–Trinajstić information content (AvgIpc) is 2.41. The molecular weight excluding hydrogens is 336 g/mol. The Hall–Kier alpha value is -2.25. The van der Waals surface area contributed by atoms with E-state index >= 15 is 0 Å². The highest BCUT2D eigenvalue weighted by Gasteiger charge is 2.41. The van der Waals surface area contributed by atoms with Crippen LogP contribution < -0.4 is 5.56 Å². The molecule has 0 fully saturated rings. The zero-order chi connectivity index (χ0) is 18.3. The number of hydrogen-bond donors (Lipinski definition) is 0. The number of aromatic nitrogens is 1. The van der Waals surface area contributed by atoms with Crippen LogP contribution in [0.15, 0.2) is 35.1 Å². The molecule has 0 aliphatic rings. The number of aryl methyl sites for hydroxylation is 1. The molecule has 0 atom stereocenters. The lowest BCUT2D eigenvalue weighted by molar-refractivity contribution is -0.147. The van der Waals surface area contributed by atoms with Crippen LogP contribution in [0.2, 0.25) is 0 Å². The molecule has 0 aliphatic heterocycles. The molecule has 130 valence electrons. The van der Waals surface area contributed by atoms with Gasteiger partial charge in [-0.25, -0.2) is 0 Å². The molecule has 0 spiro atoms. The van der Waals surface area contributed by atoms with E-state index in [1.807, 2.05) is 0 Å². The van der Waals surface area contributed by atoms with E-state index in [1.54, 1.807) is 25.1 Å². The molecule has 1 aromatic carbocycles. The van der Waals surface area contributed by atoms with Crippen molar-refractivity contribution in [2.24, 2.45) is 7.05 Å². The van der Waals surface area contributed by atoms with Crippen LogP contribution >= 0.6 is 0 Å². The van der Waals surface area contributed by atoms with Crippen LogP contribution in [0.5, 0.6) is 0 Å². The van der Waals surface area contributed by atoms with Gasteiger partial charge in [-0.3, -0.25) is 4.79 Å². The standard InChI is InChI=1S/C16H13F6NO/c1-9-4-3-5-10(6-9)7-11-12(15(17,18)19)8-13(16(20,21)22)23(2)14(11)24/h3-6,8H,7H2,1-2H3. The summed E-state index contributed by atoms with van der Waals surface area (Å²) in [6.45, 7) is 1.72. The Labute approximate surface area is 133 Å². The molecule has 2 aromatic rings. The molecule has 2 rings (SSSR count). The molecule has 1 aromatic heterocycles. The largest absolute Gasteiger partial charge is 0.431 e. The summed E-state index contributed by atoms with van der Waals surface area (Å²) in [6.07, 6.45) is -10.5. The minimum Gasteiger partial charge on any atom is -0.307 e. The first-order valence-electron chi connectivity index (χ1n) is 6.84. The fourth-order valence-corrected chi connectivity index (χ4v) is 2.47. The van der Waals surface area contributed by atoms with Gasteiger partial charge >= 0.3 is 12.4 Å². The van der Waals surface area contributed by atoms with Gasteiger partial charge in [0, 0.05) is 19.0 Å². The Morgan fingerprint density at radius 1 is 1.00 bits per heavy atom. The van der Waals surface area contributed by atoms with Gasteiger partial charge in [0.15, 0.2) is 0 Å². The van der Waals surface area contributed by atoms with Crippen LogP contribution in [0.4, 0.5) is 26.3 Å². The Morgan fingerprint density at radius 3 is 2.12 bits per heavy atom. The number of halogens is 6. The topological polar surface area (TPSA) is 22.0 Å². The van der Waals surface area contributed by atoms with Crippen LogP contribution in [0.1, 0.15) is 27.9 Å². The molecule has 0 saturated carbocycles. The van der Waals surface area contributed by atoms with E-state index in [4.69, 9.17) is 0 Å². The second-order valence-corrected chi connectivity index (χ2v) is 5.45. The predicted molar refractivity (Wildman–Crippen MR) is 75.7 cm³/mol. The van der Waals surface area contributed by atoms with E-state index in [2.05, 4.69) is 0 Å². The van der Waals surface area contributed by atoms with E-state index in [0.29, 0.717) is 5.56 Å². The number of benzene rings is 1. The molecule has 0 unspecified atom stereocenters. The predicted octanol–water partition coefficient (Wildman–Crippen LogP) is 4.32. The number of rotatable bonds is 2. The molecule has 24 heavy (non-hydrogen) atoms. The third kappa shape index (κ3) is 3.63. The van der Waals surface area contributed by atoms with Gasteiger partial charge in [0.1, 0.15) is 5.69 Å². The van der Waals surface area contributed by atoms with Crippen LogP contribution in [0.3, 0.4) is 0 Å². The summed E-state index contributed by atoms with van der Waals surface area (Å²) in [5.41, 5.74) is -4.02. The second-order valence-electron chi connectivity index (χ2n) is 5.45. The molecule has 1 heterocycles. The maximum absolute atomic E-state index is 13.2. The molecule has 0 aliphatic carbocycles. The highest BCUT2D eigenvalue weighted by atomic mass is 19.4. The Kier molecular flexibility index (Phi) is 4.52. The van der Waals surface area contributed by atoms with Gasteiger partial charge in [-0.15, -0.1) is 0 Å². The molecule has 0 saturated heterocycles. The van der Waals surface area contributed by atoms with Gasteiger partial charge < -0.3 is 4.57 Å². The van der Waals surface area contributed by atoms with Crippen molar-refractivity contribution in [1.29, 1.82) is 0 Å². The molecule has 0 amide bonds. The van der Waals surface area contributed by atoms with E-state index < -0.39 is 41.2 Å². The number of nitrogens with zero attached hydrogens (tertiary/aromatic N) is 1.